The van der Waals surface area contributed by atoms with Crippen LogP contribution >= 0.6 is 0 Å². The summed E-state index contributed by atoms with van der Waals surface area (Å²) in [4.78, 5) is 27.6. The number of anilines is 3. The van der Waals surface area contributed by atoms with Crippen molar-refractivity contribution in [1.29, 1.82) is 0 Å². The molecule has 17 heteroatoms. The zero-order valence-electron chi connectivity index (χ0n) is 24.3. The van der Waals surface area contributed by atoms with E-state index in [9.17, 15) is 35.6 Å². The van der Waals surface area contributed by atoms with Gasteiger partial charge in [0.15, 0.2) is 28.9 Å². The standard InChI is InChI=1S/C29H27F4N5O7S/c1-43-21-8-4-18(5-9-21)36-46(41,42)37-27(40)35-28(34)16-17(12-13-29(28,44-2)45-3)26(39)38(19-6-10-22(30)24(32)14-19)20-7-11-23(31)25(33)15-20/h4-16,36H,34H2,1-3H3,(H2,35,37,40). The number of rotatable bonds is 10. The second-order valence-corrected chi connectivity index (χ2v) is 11.0. The van der Waals surface area contributed by atoms with Crippen LogP contribution in [0.4, 0.5) is 39.4 Å². The van der Waals surface area contributed by atoms with Gasteiger partial charge in [-0.1, -0.05) is 0 Å². The van der Waals surface area contributed by atoms with Crippen molar-refractivity contribution in [2.45, 2.75) is 11.4 Å². The molecule has 1 aliphatic carbocycles. The Hall–Kier alpha value is -4.97. The molecule has 0 fully saturated rings. The summed E-state index contributed by atoms with van der Waals surface area (Å²) in [6.07, 6.45) is 3.21. The number of benzene rings is 3. The number of methoxy groups -OCH3 is 3. The summed E-state index contributed by atoms with van der Waals surface area (Å²) in [5, 5.41) is 2.21. The molecule has 5 N–H and O–H groups in total. The molecule has 1 unspecified atom stereocenters. The molecule has 1 atom stereocenters. The summed E-state index contributed by atoms with van der Waals surface area (Å²) in [5.41, 5.74) is 3.31. The molecule has 46 heavy (non-hydrogen) atoms. The Bertz CT molecular complexity index is 1770. The van der Waals surface area contributed by atoms with Crippen molar-refractivity contribution in [3.63, 3.8) is 0 Å². The van der Waals surface area contributed by atoms with Gasteiger partial charge in [0.05, 0.1) is 24.2 Å². The fourth-order valence-electron chi connectivity index (χ4n) is 4.48. The Labute approximate surface area is 260 Å². The van der Waals surface area contributed by atoms with Gasteiger partial charge in [-0.2, -0.15) is 8.42 Å². The second kappa shape index (κ2) is 13.2. The summed E-state index contributed by atoms with van der Waals surface area (Å²) in [5.74, 6) is -7.80. The Kier molecular flexibility index (Phi) is 9.71. The highest BCUT2D eigenvalue weighted by Gasteiger charge is 2.51. The van der Waals surface area contributed by atoms with Crippen LogP contribution < -0.4 is 30.1 Å². The summed E-state index contributed by atoms with van der Waals surface area (Å²) in [7, 11) is -0.837. The van der Waals surface area contributed by atoms with E-state index in [1.165, 1.54) is 31.4 Å². The third-order valence-corrected chi connectivity index (χ3v) is 7.67. The molecule has 0 radical (unpaired) electrons. The molecule has 0 spiro atoms. The zero-order valence-corrected chi connectivity index (χ0v) is 25.1. The lowest BCUT2D eigenvalue weighted by Gasteiger charge is -2.44. The van der Waals surface area contributed by atoms with Gasteiger partial charge in [-0.15, -0.1) is 0 Å². The van der Waals surface area contributed by atoms with Crippen LogP contribution in [0.25, 0.3) is 0 Å². The number of nitrogens with zero attached hydrogens (tertiary/aromatic N) is 1. The average molecular weight is 666 g/mol. The molecule has 0 heterocycles. The third-order valence-electron chi connectivity index (χ3n) is 6.71. The topological polar surface area (TPSA) is 161 Å². The van der Waals surface area contributed by atoms with Crippen LogP contribution in [0.2, 0.25) is 0 Å². The molecule has 0 bridgehead atoms. The molecular weight excluding hydrogens is 638 g/mol. The number of urea groups is 1. The lowest BCUT2D eigenvalue weighted by molar-refractivity contribution is -0.207. The lowest BCUT2D eigenvalue weighted by atomic mass is 9.89. The van der Waals surface area contributed by atoms with E-state index >= 15 is 0 Å². The van der Waals surface area contributed by atoms with Crippen molar-refractivity contribution in [1.82, 2.24) is 10.0 Å². The molecule has 1 aliphatic rings. The monoisotopic (exact) mass is 665 g/mol. The SMILES string of the molecule is COc1ccc(NS(=O)(=O)NC(=O)NC2(N)C=C(C(=O)N(c3ccc(F)c(F)c3)c3ccc(F)c(F)c3)C=CC2(OC)OC)cc1. The Morgan fingerprint density at radius 2 is 1.37 bits per heavy atom. The van der Waals surface area contributed by atoms with Crippen molar-refractivity contribution in [3.05, 3.63) is 108 Å². The van der Waals surface area contributed by atoms with Crippen LogP contribution in [-0.2, 0) is 24.5 Å². The third kappa shape index (κ3) is 6.96. The van der Waals surface area contributed by atoms with E-state index in [1.807, 2.05) is 0 Å². The van der Waals surface area contributed by atoms with Gasteiger partial charge in [-0.3, -0.25) is 14.4 Å². The second-order valence-electron chi connectivity index (χ2n) is 9.61. The minimum Gasteiger partial charge on any atom is -0.497 e. The van der Waals surface area contributed by atoms with Crippen LogP contribution in [0.1, 0.15) is 0 Å². The van der Waals surface area contributed by atoms with E-state index in [0.29, 0.717) is 17.9 Å². The van der Waals surface area contributed by atoms with Crippen molar-refractivity contribution in [2.75, 3.05) is 31.0 Å². The van der Waals surface area contributed by atoms with Gasteiger partial charge in [0, 0.05) is 31.9 Å². The fourth-order valence-corrected chi connectivity index (χ4v) is 5.27. The van der Waals surface area contributed by atoms with E-state index in [0.717, 1.165) is 61.6 Å². The van der Waals surface area contributed by atoms with Gasteiger partial charge in [0.25, 0.3) is 5.91 Å². The normalized spacial score (nSPS) is 17.1. The van der Waals surface area contributed by atoms with Crippen molar-refractivity contribution in [3.8, 4) is 5.75 Å². The molecule has 3 aromatic carbocycles. The molecule has 4 rings (SSSR count). The molecule has 0 saturated heterocycles. The predicted octanol–water partition coefficient (Wildman–Crippen LogP) is 3.71. The van der Waals surface area contributed by atoms with Gasteiger partial charge in [-0.05, 0) is 66.8 Å². The van der Waals surface area contributed by atoms with Crippen LogP contribution in [0.3, 0.4) is 0 Å². The van der Waals surface area contributed by atoms with Gasteiger partial charge >= 0.3 is 16.2 Å². The number of ether oxygens (including phenoxy) is 3. The molecule has 12 nitrogen and oxygen atoms in total. The molecular formula is C29H27F4N5O7S. The highest BCUT2D eigenvalue weighted by molar-refractivity contribution is 7.91. The molecule has 0 aliphatic heterocycles. The van der Waals surface area contributed by atoms with Crippen LogP contribution in [-0.4, -0.2) is 53.1 Å². The Morgan fingerprint density at radius 3 is 1.85 bits per heavy atom. The highest BCUT2D eigenvalue weighted by atomic mass is 32.2. The maximum Gasteiger partial charge on any atom is 0.331 e. The first kappa shape index (κ1) is 33.9. The van der Waals surface area contributed by atoms with Crippen molar-refractivity contribution >= 4 is 39.2 Å². The first-order chi connectivity index (χ1) is 21.7. The first-order valence-corrected chi connectivity index (χ1v) is 14.5. The molecule has 0 aromatic heterocycles. The summed E-state index contributed by atoms with van der Waals surface area (Å²) in [6.45, 7) is 0. The molecule has 3 aromatic rings. The highest BCUT2D eigenvalue weighted by Crippen LogP contribution is 2.35. The summed E-state index contributed by atoms with van der Waals surface area (Å²) in [6, 6.07) is 9.07. The number of nitrogens with two attached hydrogens (primary N) is 1. The predicted molar refractivity (Wildman–Crippen MR) is 158 cm³/mol. The number of amides is 3. The number of halogens is 4. The van der Waals surface area contributed by atoms with Crippen LogP contribution in [0.5, 0.6) is 5.75 Å². The van der Waals surface area contributed by atoms with Crippen molar-refractivity contribution < 1.29 is 49.8 Å². The Balaban J connectivity index is 1.69. The van der Waals surface area contributed by atoms with Gasteiger partial charge in [-0.25, -0.2) is 27.1 Å². The van der Waals surface area contributed by atoms with Crippen LogP contribution in [0.15, 0.2) is 84.5 Å². The average Bonchev–Trinajstić information content (AvgIpc) is 3.00. The van der Waals surface area contributed by atoms with E-state index in [-0.39, 0.29) is 22.6 Å². The van der Waals surface area contributed by atoms with E-state index in [1.54, 1.807) is 4.72 Å². The van der Waals surface area contributed by atoms with E-state index in [2.05, 4.69) is 10.0 Å². The maximum absolute atomic E-state index is 14.2. The quantitative estimate of drug-likeness (QED) is 0.188. The minimum absolute atomic E-state index is 0.0784. The van der Waals surface area contributed by atoms with E-state index < -0.39 is 56.9 Å². The first-order valence-electron chi connectivity index (χ1n) is 13.0. The van der Waals surface area contributed by atoms with Gasteiger partial charge in [0.2, 0.25) is 5.79 Å². The van der Waals surface area contributed by atoms with Gasteiger partial charge < -0.3 is 25.3 Å². The lowest BCUT2D eigenvalue weighted by Crippen LogP contribution is -2.72. The number of carbonyl (C=O) groups excluding carboxylic acids is 2. The number of carbonyl (C=O) groups is 2. The number of nitrogens with one attached hydrogen (secondary N) is 3. The molecule has 3 amide bonds. The minimum atomic E-state index is -4.55. The smallest absolute Gasteiger partial charge is 0.331 e. The van der Waals surface area contributed by atoms with E-state index in [4.69, 9.17) is 19.9 Å². The number of hydrogen-bond donors (Lipinski definition) is 4. The fraction of sp³-hybridized carbons (Fsp3) is 0.172. The van der Waals surface area contributed by atoms with Gasteiger partial charge in [0.1, 0.15) is 5.75 Å². The largest absolute Gasteiger partial charge is 0.497 e. The molecule has 0 saturated carbocycles. The maximum atomic E-state index is 14.2. The summed E-state index contributed by atoms with van der Waals surface area (Å²) >= 11 is 0. The zero-order chi connectivity index (χ0) is 33.9. The Morgan fingerprint density at radius 1 is 0.826 bits per heavy atom. The van der Waals surface area contributed by atoms with Crippen molar-refractivity contribution in [2.24, 2.45) is 5.73 Å². The number of hydrogen-bond acceptors (Lipinski definition) is 8. The van der Waals surface area contributed by atoms with Crippen LogP contribution in [0, 0.1) is 23.3 Å². The summed E-state index contributed by atoms with van der Waals surface area (Å²) < 4.78 is 101. The molecule has 244 valence electrons.